The second-order valence-corrected chi connectivity index (χ2v) is 11.7. The summed E-state index contributed by atoms with van der Waals surface area (Å²) in [7, 11) is 1.07. The van der Waals surface area contributed by atoms with Crippen molar-refractivity contribution in [3.8, 4) is 11.5 Å². The molecule has 0 radical (unpaired) electrons. The molecule has 1 aromatic carbocycles. The molecule has 0 unspecified atom stereocenters. The molecule has 5 heteroatoms. The molecule has 0 amide bonds. The van der Waals surface area contributed by atoms with Gasteiger partial charge in [0.05, 0.1) is 14.2 Å². The summed E-state index contributed by atoms with van der Waals surface area (Å²) in [5.41, 5.74) is 0.962. The Morgan fingerprint density at radius 3 is 2.29 bits per heavy atom. The smallest absolute Gasteiger partial charge is 0.330 e. The summed E-state index contributed by atoms with van der Waals surface area (Å²) in [6.45, 7) is 11.0. The summed E-state index contributed by atoms with van der Waals surface area (Å²) in [6.07, 6.45) is 6.67. The Morgan fingerprint density at radius 1 is 1.08 bits per heavy atom. The van der Waals surface area contributed by atoms with Crippen molar-refractivity contribution in [3.63, 3.8) is 0 Å². The molecule has 0 N–H and O–H groups in total. The largest absolute Gasteiger partial charge is 0.541 e. The molecule has 1 aromatic rings. The SMILES string of the molecule is COC(=O)/C=C/C=C/c1ccc(O[Si](C)(C)C(C)(C)C)c(OC)c1. The highest BCUT2D eigenvalue weighted by molar-refractivity contribution is 6.74. The van der Waals surface area contributed by atoms with Gasteiger partial charge in [-0.05, 0) is 35.8 Å². The molecule has 132 valence electrons. The van der Waals surface area contributed by atoms with Crippen LogP contribution in [0.25, 0.3) is 6.08 Å². The number of hydrogen-bond donors (Lipinski definition) is 0. The van der Waals surface area contributed by atoms with Gasteiger partial charge in [0.15, 0.2) is 5.75 Å². The maximum Gasteiger partial charge on any atom is 0.330 e. The third-order valence-corrected chi connectivity index (χ3v) is 8.53. The number of rotatable bonds is 6. The number of carbonyl (C=O) groups is 1. The van der Waals surface area contributed by atoms with Gasteiger partial charge in [0, 0.05) is 6.08 Å². The van der Waals surface area contributed by atoms with Gasteiger partial charge >= 0.3 is 5.97 Å². The van der Waals surface area contributed by atoms with E-state index < -0.39 is 8.32 Å². The minimum Gasteiger partial charge on any atom is -0.541 e. The van der Waals surface area contributed by atoms with Gasteiger partial charge in [0.2, 0.25) is 0 Å². The monoisotopic (exact) mass is 348 g/mol. The van der Waals surface area contributed by atoms with Crippen LogP contribution in [-0.2, 0) is 9.53 Å². The van der Waals surface area contributed by atoms with Crippen LogP contribution in [0.2, 0.25) is 18.1 Å². The number of hydrogen-bond acceptors (Lipinski definition) is 4. The molecular weight excluding hydrogens is 320 g/mol. The van der Waals surface area contributed by atoms with Crippen LogP contribution in [0, 0.1) is 0 Å². The van der Waals surface area contributed by atoms with Gasteiger partial charge in [0.1, 0.15) is 5.75 Å². The van der Waals surface area contributed by atoms with Crippen molar-refractivity contribution >= 4 is 20.4 Å². The van der Waals surface area contributed by atoms with Crippen molar-refractivity contribution in [2.45, 2.75) is 38.9 Å². The maximum atomic E-state index is 11.0. The lowest BCUT2D eigenvalue weighted by atomic mass is 10.2. The molecule has 0 aliphatic rings. The number of methoxy groups -OCH3 is 2. The lowest BCUT2D eigenvalue weighted by molar-refractivity contribution is -0.134. The van der Waals surface area contributed by atoms with Gasteiger partial charge in [-0.25, -0.2) is 4.79 Å². The van der Waals surface area contributed by atoms with E-state index in [1.165, 1.54) is 13.2 Å². The Morgan fingerprint density at radius 2 is 1.75 bits per heavy atom. The Kier molecular flexibility index (Phi) is 6.84. The van der Waals surface area contributed by atoms with Crippen molar-refractivity contribution in [1.82, 2.24) is 0 Å². The summed E-state index contributed by atoms with van der Waals surface area (Å²) in [6, 6.07) is 5.82. The highest BCUT2D eigenvalue weighted by Crippen LogP contribution is 2.40. The maximum absolute atomic E-state index is 11.0. The first-order valence-corrected chi connectivity index (χ1v) is 10.8. The molecule has 0 spiro atoms. The molecule has 0 saturated heterocycles. The summed E-state index contributed by atoms with van der Waals surface area (Å²) < 4.78 is 16.3. The third kappa shape index (κ3) is 5.56. The fraction of sp³-hybridized carbons (Fsp3) is 0.421. The van der Waals surface area contributed by atoms with Crippen molar-refractivity contribution < 1.29 is 18.7 Å². The van der Waals surface area contributed by atoms with E-state index >= 15 is 0 Å². The molecule has 0 aliphatic carbocycles. The van der Waals surface area contributed by atoms with Crippen LogP contribution in [-0.4, -0.2) is 28.5 Å². The second kappa shape index (κ2) is 8.19. The Labute approximate surface area is 146 Å². The first kappa shape index (κ1) is 20.0. The van der Waals surface area contributed by atoms with Crippen LogP contribution in [0.15, 0.2) is 36.4 Å². The van der Waals surface area contributed by atoms with Crippen molar-refractivity contribution in [1.29, 1.82) is 0 Å². The van der Waals surface area contributed by atoms with Crippen LogP contribution in [0.3, 0.4) is 0 Å². The van der Waals surface area contributed by atoms with Crippen molar-refractivity contribution in [3.05, 3.63) is 42.0 Å². The Bertz CT molecular complexity index is 625. The lowest BCUT2D eigenvalue weighted by Gasteiger charge is -2.36. The molecule has 0 saturated carbocycles. The fourth-order valence-electron chi connectivity index (χ4n) is 1.67. The number of allylic oxidation sites excluding steroid dienone is 2. The predicted molar refractivity (Wildman–Crippen MR) is 101 cm³/mol. The molecule has 0 bridgehead atoms. The molecule has 0 aliphatic heterocycles. The number of esters is 1. The zero-order valence-electron chi connectivity index (χ0n) is 15.7. The summed E-state index contributed by atoms with van der Waals surface area (Å²) in [5.74, 6) is 1.10. The summed E-state index contributed by atoms with van der Waals surface area (Å²) in [4.78, 5) is 11.0. The summed E-state index contributed by atoms with van der Waals surface area (Å²) in [5, 5.41) is 0.120. The van der Waals surface area contributed by atoms with Crippen LogP contribution < -0.4 is 9.16 Å². The van der Waals surface area contributed by atoms with Gasteiger partial charge in [-0.15, -0.1) is 0 Å². The van der Waals surface area contributed by atoms with Gasteiger partial charge < -0.3 is 13.9 Å². The molecular formula is C19H28O4Si. The molecule has 1 rings (SSSR count). The molecule has 0 fully saturated rings. The molecule has 0 atom stereocenters. The van der Waals surface area contributed by atoms with Crippen LogP contribution in [0.5, 0.6) is 11.5 Å². The summed E-state index contributed by atoms with van der Waals surface area (Å²) >= 11 is 0. The Hall–Kier alpha value is -2.01. The second-order valence-electron chi connectivity index (χ2n) is 7.01. The van der Waals surface area contributed by atoms with Gasteiger partial charge in [0.25, 0.3) is 8.32 Å². The van der Waals surface area contributed by atoms with E-state index in [9.17, 15) is 4.79 Å². The van der Waals surface area contributed by atoms with E-state index in [2.05, 4.69) is 38.6 Å². The number of benzene rings is 1. The van der Waals surface area contributed by atoms with E-state index in [4.69, 9.17) is 9.16 Å². The number of carbonyl (C=O) groups excluding carboxylic acids is 1. The van der Waals surface area contributed by atoms with E-state index in [0.29, 0.717) is 5.75 Å². The molecule has 0 aromatic heterocycles. The zero-order valence-corrected chi connectivity index (χ0v) is 16.7. The third-order valence-electron chi connectivity index (χ3n) is 4.19. The normalized spacial score (nSPS) is 12.6. The van der Waals surface area contributed by atoms with Crippen LogP contribution in [0.1, 0.15) is 26.3 Å². The van der Waals surface area contributed by atoms with E-state index in [1.54, 1.807) is 19.3 Å². The first-order valence-electron chi connectivity index (χ1n) is 7.90. The Balaban J connectivity index is 2.95. The van der Waals surface area contributed by atoms with E-state index in [-0.39, 0.29) is 11.0 Å². The van der Waals surface area contributed by atoms with Gasteiger partial charge in [-0.3, -0.25) is 0 Å². The van der Waals surface area contributed by atoms with Crippen LogP contribution in [0.4, 0.5) is 0 Å². The van der Waals surface area contributed by atoms with Crippen molar-refractivity contribution in [2.75, 3.05) is 14.2 Å². The van der Waals surface area contributed by atoms with Gasteiger partial charge in [-0.1, -0.05) is 45.1 Å². The predicted octanol–water partition coefficient (Wildman–Crippen LogP) is 4.82. The quantitative estimate of drug-likeness (QED) is 0.320. The number of ether oxygens (including phenoxy) is 2. The highest BCUT2D eigenvalue weighted by Gasteiger charge is 2.39. The van der Waals surface area contributed by atoms with E-state index in [0.717, 1.165) is 11.3 Å². The average molecular weight is 349 g/mol. The molecule has 24 heavy (non-hydrogen) atoms. The molecule has 4 nitrogen and oxygen atoms in total. The highest BCUT2D eigenvalue weighted by atomic mass is 28.4. The van der Waals surface area contributed by atoms with Gasteiger partial charge in [-0.2, -0.15) is 0 Å². The minimum atomic E-state index is -1.92. The van der Waals surface area contributed by atoms with E-state index in [1.807, 2.05) is 24.3 Å². The fourth-order valence-corrected chi connectivity index (χ4v) is 2.69. The molecule has 0 heterocycles. The topological polar surface area (TPSA) is 44.8 Å². The van der Waals surface area contributed by atoms with Crippen molar-refractivity contribution in [2.24, 2.45) is 0 Å². The minimum absolute atomic E-state index is 0.120. The zero-order chi connectivity index (χ0) is 18.4. The average Bonchev–Trinajstić information content (AvgIpc) is 2.51. The standard InChI is InChI=1S/C19H28O4Si/c1-19(2,3)24(6,7)23-16-13-12-15(14-17(16)21-4)10-8-9-11-18(20)22-5/h8-14H,1-7H3/b10-8+,11-9+. The first-order chi connectivity index (χ1) is 11.1. The lowest BCUT2D eigenvalue weighted by Crippen LogP contribution is -2.43. The van der Waals surface area contributed by atoms with Crippen LogP contribution >= 0.6 is 0 Å².